The topological polar surface area (TPSA) is 128 Å². The highest BCUT2D eigenvalue weighted by atomic mass is 35.5. The molecule has 0 aliphatic heterocycles. The van der Waals surface area contributed by atoms with Gasteiger partial charge in [-0.3, -0.25) is 13.9 Å². The van der Waals surface area contributed by atoms with Gasteiger partial charge in [0.05, 0.1) is 24.5 Å². The van der Waals surface area contributed by atoms with Gasteiger partial charge in [0.1, 0.15) is 17.6 Å². The van der Waals surface area contributed by atoms with Gasteiger partial charge < -0.3 is 9.84 Å². The van der Waals surface area contributed by atoms with E-state index in [4.69, 9.17) is 27.9 Å². The number of imidazole rings is 1. The van der Waals surface area contributed by atoms with Crippen LogP contribution in [0.5, 0.6) is 0 Å². The maximum atomic E-state index is 14.2. The number of hydrogen-bond acceptors (Lipinski definition) is 7. The number of aromatic nitrogens is 5. The number of alkyl halides is 3. The van der Waals surface area contributed by atoms with Gasteiger partial charge in [0.25, 0.3) is 0 Å². The third kappa shape index (κ3) is 6.48. The Hall–Kier alpha value is -4.19. The molecule has 42 heavy (non-hydrogen) atoms. The summed E-state index contributed by atoms with van der Waals surface area (Å²) in [6.07, 6.45) is -9.00. The van der Waals surface area contributed by atoms with E-state index in [2.05, 4.69) is 10.1 Å². The highest BCUT2D eigenvalue weighted by Crippen LogP contribution is 2.29. The first-order chi connectivity index (χ1) is 19.7. The van der Waals surface area contributed by atoms with Crippen LogP contribution in [-0.4, -0.2) is 47.3 Å². The summed E-state index contributed by atoms with van der Waals surface area (Å²) < 4.78 is 61.8. The first-order valence-corrected chi connectivity index (χ1v) is 12.8. The zero-order chi connectivity index (χ0) is 30.9. The van der Waals surface area contributed by atoms with Gasteiger partial charge in [0.2, 0.25) is 0 Å². The summed E-state index contributed by atoms with van der Waals surface area (Å²) in [5.41, 5.74) is -1.35. The van der Waals surface area contributed by atoms with Crippen molar-refractivity contribution in [2.24, 2.45) is 0 Å². The Bertz CT molecular complexity index is 1720. The number of nitriles is 1. The van der Waals surface area contributed by atoms with E-state index in [1.54, 1.807) is 0 Å². The zero-order valence-electron chi connectivity index (χ0n) is 21.7. The third-order valence-electron chi connectivity index (χ3n) is 5.96. The van der Waals surface area contributed by atoms with Crippen LogP contribution in [0.3, 0.4) is 0 Å². The Morgan fingerprint density at radius 2 is 1.81 bits per heavy atom. The molecule has 0 aliphatic rings. The molecule has 4 aromatic rings. The molecule has 2 atom stereocenters. The lowest BCUT2D eigenvalue weighted by Crippen LogP contribution is -2.37. The maximum absolute atomic E-state index is 14.2. The van der Waals surface area contributed by atoms with Crippen molar-refractivity contribution in [2.45, 2.75) is 45.3 Å². The summed E-state index contributed by atoms with van der Waals surface area (Å²) in [5.74, 6) is -1.51. The SMILES string of the molecule is CC(=O)O[C@@H](C)c1nc(Cn2c(C#N)c(-c3ccc(Cl)cc3)n(C[C@H](O)C(F)(F)F)c2=O)nn1-c1cc(F)cc(Cl)c1. The summed E-state index contributed by atoms with van der Waals surface area (Å²) >= 11 is 11.9. The molecule has 0 saturated heterocycles. The molecule has 0 unspecified atom stereocenters. The number of benzene rings is 2. The second-order valence-corrected chi connectivity index (χ2v) is 9.90. The van der Waals surface area contributed by atoms with Crippen molar-refractivity contribution in [1.82, 2.24) is 23.9 Å². The van der Waals surface area contributed by atoms with Gasteiger partial charge in [-0.05, 0) is 37.3 Å². The average Bonchev–Trinajstić information content (AvgIpc) is 3.43. The number of aliphatic hydroxyl groups excluding tert-OH is 1. The Labute approximate surface area is 244 Å². The van der Waals surface area contributed by atoms with Gasteiger partial charge in [-0.2, -0.15) is 18.4 Å². The minimum atomic E-state index is -5.06. The molecule has 10 nitrogen and oxygen atoms in total. The molecule has 2 aromatic carbocycles. The zero-order valence-corrected chi connectivity index (χ0v) is 23.2. The van der Waals surface area contributed by atoms with Crippen molar-refractivity contribution in [2.75, 3.05) is 0 Å². The molecule has 1 N–H and O–H groups in total. The molecule has 220 valence electrons. The number of rotatable bonds is 8. The number of halogens is 6. The van der Waals surface area contributed by atoms with E-state index >= 15 is 0 Å². The second-order valence-electron chi connectivity index (χ2n) is 9.03. The lowest BCUT2D eigenvalue weighted by atomic mass is 10.1. The number of nitrogens with zero attached hydrogens (tertiary/aromatic N) is 6. The summed E-state index contributed by atoms with van der Waals surface area (Å²) in [5, 5.41) is 24.4. The van der Waals surface area contributed by atoms with E-state index < -0.39 is 49.0 Å². The van der Waals surface area contributed by atoms with Gasteiger partial charge in [0.15, 0.2) is 23.9 Å². The van der Waals surface area contributed by atoms with Crippen molar-refractivity contribution in [3.8, 4) is 23.0 Å². The van der Waals surface area contributed by atoms with E-state index in [1.807, 2.05) is 6.07 Å². The molecule has 16 heteroatoms. The molecule has 0 radical (unpaired) electrons. The van der Waals surface area contributed by atoms with Crippen molar-refractivity contribution in [1.29, 1.82) is 5.26 Å². The van der Waals surface area contributed by atoms with E-state index in [9.17, 15) is 37.5 Å². The first-order valence-electron chi connectivity index (χ1n) is 12.0. The normalized spacial score (nSPS) is 13.0. The van der Waals surface area contributed by atoms with E-state index in [0.29, 0.717) is 9.59 Å². The first kappa shape index (κ1) is 30.8. The highest BCUT2D eigenvalue weighted by molar-refractivity contribution is 6.31. The van der Waals surface area contributed by atoms with Crippen molar-refractivity contribution >= 4 is 29.2 Å². The molecule has 2 aromatic heterocycles. The Morgan fingerprint density at radius 1 is 1.14 bits per heavy atom. The fourth-order valence-electron chi connectivity index (χ4n) is 4.19. The van der Waals surface area contributed by atoms with Crippen LogP contribution in [0.15, 0.2) is 47.3 Å². The largest absolute Gasteiger partial charge is 0.455 e. The molecule has 0 spiro atoms. The fraction of sp³-hybridized carbons (Fsp3) is 0.269. The smallest absolute Gasteiger partial charge is 0.416 e. The summed E-state index contributed by atoms with van der Waals surface area (Å²) in [6.45, 7) is 0.882. The van der Waals surface area contributed by atoms with Crippen LogP contribution in [0.25, 0.3) is 16.9 Å². The predicted molar refractivity (Wildman–Crippen MR) is 142 cm³/mol. The van der Waals surface area contributed by atoms with Crippen LogP contribution in [0.2, 0.25) is 10.0 Å². The van der Waals surface area contributed by atoms with E-state index in [-0.39, 0.29) is 39.3 Å². The second kappa shape index (κ2) is 12.0. The van der Waals surface area contributed by atoms with Crippen molar-refractivity contribution in [3.05, 3.63) is 86.2 Å². The maximum Gasteiger partial charge on any atom is 0.416 e. The number of carbonyl (C=O) groups is 1. The molecular formula is C26H20Cl2F4N6O4. The van der Waals surface area contributed by atoms with Crippen molar-refractivity contribution < 1.29 is 32.2 Å². The van der Waals surface area contributed by atoms with Crippen LogP contribution >= 0.6 is 23.2 Å². The Balaban J connectivity index is 1.89. The molecule has 0 aliphatic carbocycles. The standard InChI is InChI=1S/C26H20Cl2F4N6O4/c1-13(42-14(2)39)24-34-22(35-38(24)19-8-17(28)7-18(29)9-19)12-36-20(10-33)23(15-3-5-16(27)6-4-15)37(25(36)41)11-21(40)26(30,31)32/h3-9,13,21,40H,11-12H2,1-2H3/t13-,21-/m0/s1. The summed E-state index contributed by atoms with van der Waals surface area (Å²) in [7, 11) is 0. The molecular weight excluding hydrogens is 607 g/mol. The number of hydrogen-bond donors (Lipinski definition) is 1. The van der Waals surface area contributed by atoms with E-state index in [0.717, 1.165) is 28.3 Å². The molecule has 2 heterocycles. The summed E-state index contributed by atoms with van der Waals surface area (Å²) in [4.78, 5) is 29.4. The lowest BCUT2D eigenvalue weighted by molar-refractivity contribution is -0.207. The highest BCUT2D eigenvalue weighted by Gasteiger charge is 2.40. The third-order valence-corrected chi connectivity index (χ3v) is 6.43. The van der Waals surface area contributed by atoms with E-state index in [1.165, 1.54) is 37.3 Å². The number of esters is 1. The lowest BCUT2D eigenvalue weighted by Gasteiger charge is -2.16. The van der Waals surface area contributed by atoms with Crippen LogP contribution in [0.1, 0.15) is 37.3 Å². The Kier molecular flexibility index (Phi) is 8.76. The number of ether oxygens (including phenoxy) is 1. The van der Waals surface area contributed by atoms with Crippen LogP contribution < -0.4 is 5.69 Å². The van der Waals surface area contributed by atoms with Gasteiger partial charge in [-0.1, -0.05) is 35.3 Å². The van der Waals surface area contributed by atoms with Gasteiger partial charge >= 0.3 is 17.8 Å². The van der Waals surface area contributed by atoms with Gasteiger partial charge in [-0.25, -0.2) is 18.9 Å². The molecule has 0 saturated carbocycles. The molecule has 4 rings (SSSR count). The molecule has 0 amide bonds. The minimum Gasteiger partial charge on any atom is -0.455 e. The quantitative estimate of drug-likeness (QED) is 0.219. The van der Waals surface area contributed by atoms with Gasteiger partial charge in [0, 0.05) is 22.5 Å². The number of carbonyl (C=O) groups excluding carboxylic acids is 1. The molecule has 0 bridgehead atoms. The average molecular weight is 627 g/mol. The van der Waals surface area contributed by atoms with Gasteiger partial charge in [-0.15, -0.1) is 5.10 Å². The van der Waals surface area contributed by atoms with Crippen LogP contribution in [-0.2, 0) is 22.6 Å². The monoisotopic (exact) mass is 626 g/mol. The van der Waals surface area contributed by atoms with Crippen molar-refractivity contribution in [3.63, 3.8) is 0 Å². The fourth-order valence-corrected chi connectivity index (χ4v) is 4.53. The van der Waals surface area contributed by atoms with Crippen LogP contribution in [0.4, 0.5) is 17.6 Å². The minimum absolute atomic E-state index is 0.00160. The summed E-state index contributed by atoms with van der Waals surface area (Å²) in [6, 6.07) is 11.0. The molecule has 0 fully saturated rings. The Morgan fingerprint density at radius 3 is 2.38 bits per heavy atom. The predicted octanol–water partition coefficient (Wildman–Crippen LogP) is 4.81. The number of aliphatic hydroxyl groups is 1. The van der Waals surface area contributed by atoms with Crippen LogP contribution in [0, 0.1) is 17.1 Å².